The number of esters is 1. The Hall–Kier alpha value is -2.80. The van der Waals surface area contributed by atoms with Crippen molar-refractivity contribution in [3.05, 3.63) is 64.2 Å². The zero-order chi connectivity index (χ0) is 19.6. The second kappa shape index (κ2) is 7.84. The predicted molar refractivity (Wildman–Crippen MR) is 102 cm³/mol. The molecule has 0 N–H and O–H groups in total. The summed E-state index contributed by atoms with van der Waals surface area (Å²) in [4.78, 5) is 28.7. The van der Waals surface area contributed by atoms with E-state index in [2.05, 4.69) is 18.8 Å². The van der Waals surface area contributed by atoms with Crippen LogP contribution < -0.4 is 4.80 Å². The third-order valence-corrected chi connectivity index (χ3v) is 5.23. The van der Waals surface area contributed by atoms with E-state index in [0.717, 1.165) is 15.8 Å². The average Bonchev–Trinajstić information content (AvgIpc) is 2.98. The Morgan fingerprint density at radius 1 is 1.22 bits per heavy atom. The van der Waals surface area contributed by atoms with Crippen LogP contribution in [0.15, 0.2) is 47.5 Å². The summed E-state index contributed by atoms with van der Waals surface area (Å²) < 4.78 is 21.2. The van der Waals surface area contributed by atoms with Crippen LogP contribution in [0.25, 0.3) is 10.2 Å². The number of amides is 1. The lowest BCUT2D eigenvalue weighted by molar-refractivity contribution is -0.141. The highest BCUT2D eigenvalue weighted by atomic mass is 32.1. The Bertz CT molecular complexity index is 1080. The molecule has 7 heteroatoms. The molecule has 0 fully saturated rings. The van der Waals surface area contributed by atoms with E-state index in [-0.39, 0.29) is 12.1 Å². The molecule has 0 unspecified atom stereocenters. The maximum atomic E-state index is 13.9. The number of nitrogens with zero attached hydrogens (tertiary/aromatic N) is 2. The van der Waals surface area contributed by atoms with Crippen molar-refractivity contribution < 1.29 is 18.7 Å². The van der Waals surface area contributed by atoms with Gasteiger partial charge < -0.3 is 9.30 Å². The van der Waals surface area contributed by atoms with Crippen molar-refractivity contribution in [2.24, 2.45) is 4.99 Å². The molecule has 27 heavy (non-hydrogen) atoms. The number of carbonyl (C=O) groups is 2. The van der Waals surface area contributed by atoms with Crippen LogP contribution in [-0.2, 0) is 16.1 Å². The van der Waals surface area contributed by atoms with Crippen LogP contribution in [0.3, 0.4) is 0 Å². The fourth-order valence-electron chi connectivity index (χ4n) is 2.66. The van der Waals surface area contributed by atoms with Crippen molar-refractivity contribution in [3.8, 4) is 0 Å². The number of halogens is 1. The molecule has 0 bridgehead atoms. The van der Waals surface area contributed by atoms with E-state index in [0.29, 0.717) is 10.7 Å². The van der Waals surface area contributed by atoms with Gasteiger partial charge in [-0.15, -0.1) is 0 Å². The van der Waals surface area contributed by atoms with Crippen LogP contribution in [0, 0.1) is 5.82 Å². The molecule has 2 aromatic carbocycles. The zero-order valence-electron chi connectivity index (χ0n) is 15.2. The lowest BCUT2D eigenvalue weighted by atomic mass is 10.0. The molecule has 1 heterocycles. The Morgan fingerprint density at radius 3 is 2.63 bits per heavy atom. The topological polar surface area (TPSA) is 60.7 Å². The molecular weight excluding hydrogens is 367 g/mol. The van der Waals surface area contributed by atoms with Gasteiger partial charge in [0.2, 0.25) is 0 Å². The number of thiazole rings is 1. The Morgan fingerprint density at radius 2 is 1.96 bits per heavy atom. The van der Waals surface area contributed by atoms with E-state index in [4.69, 9.17) is 4.74 Å². The van der Waals surface area contributed by atoms with E-state index in [1.54, 1.807) is 10.6 Å². The summed E-state index contributed by atoms with van der Waals surface area (Å²) in [5.74, 6) is -1.44. The number of aromatic nitrogens is 1. The van der Waals surface area contributed by atoms with Gasteiger partial charge in [0, 0.05) is 0 Å². The van der Waals surface area contributed by atoms with Crippen LogP contribution >= 0.6 is 11.3 Å². The van der Waals surface area contributed by atoms with Gasteiger partial charge >= 0.3 is 5.97 Å². The number of hydrogen-bond donors (Lipinski definition) is 0. The summed E-state index contributed by atoms with van der Waals surface area (Å²) in [6, 6.07) is 11.6. The minimum absolute atomic E-state index is 0.0824. The van der Waals surface area contributed by atoms with Crippen molar-refractivity contribution in [3.63, 3.8) is 0 Å². The molecule has 0 aliphatic heterocycles. The van der Waals surface area contributed by atoms with Gasteiger partial charge in [-0.05, 0) is 35.7 Å². The van der Waals surface area contributed by atoms with Gasteiger partial charge in [-0.3, -0.25) is 9.59 Å². The summed E-state index contributed by atoms with van der Waals surface area (Å²) in [5, 5.41) is 0. The van der Waals surface area contributed by atoms with Crippen LogP contribution in [-0.4, -0.2) is 23.6 Å². The Kier molecular flexibility index (Phi) is 5.51. The molecular formula is C20H19FN2O3S. The van der Waals surface area contributed by atoms with Crippen LogP contribution in [0.2, 0.25) is 0 Å². The Labute approximate surface area is 159 Å². The highest BCUT2D eigenvalue weighted by Gasteiger charge is 2.15. The summed E-state index contributed by atoms with van der Waals surface area (Å²) in [6.45, 7) is 4.09. The number of methoxy groups -OCH3 is 1. The van der Waals surface area contributed by atoms with Crippen molar-refractivity contribution in [2.75, 3.05) is 7.11 Å². The molecule has 0 aliphatic rings. The SMILES string of the molecule is COC(=O)Cn1c(=NC(=O)c2ccccc2F)sc2cc(C(C)C)ccc21. The number of fused-ring (bicyclic) bond motifs is 1. The van der Waals surface area contributed by atoms with Gasteiger partial charge in [0.05, 0.1) is 22.9 Å². The number of benzene rings is 2. The fraction of sp³-hybridized carbons (Fsp3) is 0.250. The average molecular weight is 386 g/mol. The summed E-state index contributed by atoms with van der Waals surface area (Å²) in [6.07, 6.45) is 0. The quantitative estimate of drug-likeness (QED) is 0.640. The second-order valence-electron chi connectivity index (χ2n) is 6.33. The molecule has 3 rings (SSSR count). The van der Waals surface area contributed by atoms with Gasteiger partial charge in [-0.1, -0.05) is 43.4 Å². The minimum atomic E-state index is -0.692. The monoisotopic (exact) mass is 386 g/mol. The molecule has 5 nitrogen and oxygen atoms in total. The normalized spacial score (nSPS) is 12.0. The molecule has 0 atom stereocenters. The van der Waals surface area contributed by atoms with E-state index < -0.39 is 17.7 Å². The lowest BCUT2D eigenvalue weighted by Crippen LogP contribution is -2.22. The molecule has 0 aliphatic carbocycles. The third kappa shape index (κ3) is 3.98. The van der Waals surface area contributed by atoms with E-state index in [9.17, 15) is 14.0 Å². The highest BCUT2D eigenvalue weighted by Crippen LogP contribution is 2.23. The maximum absolute atomic E-state index is 13.9. The molecule has 0 saturated carbocycles. The third-order valence-electron chi connectivity index (χ3n) is 4.19. The van der Waals surface area contributed by atoms with E-state index in [1.165, 1.54) is 36.6 Å². The summed E-state index contributed by atoms with van der Waals surface area (Å²) in [5.41, 5.74) is 1.80. The zero-order valence-corrected chi connectivity index (χ0v) is 16.0. The van der Waals surface area contributed by atoms with Crippen molar-refractivity contribution in [2.45, 2.75) is 26.3 Å². The molecule has 0 radical (unpaired) electrons. The summed E-state index contributed by atoms with van der Waals surface area (Å²) >= 11 is 1.28. The minimum Gasteiger partial charge on any atom is -0.468 e. The second-order valence-corrected chi connectivity index (χ2v) is 7.33. The smallest absolute Gasteiger partial charge is 0.325 e. The van der Waals surface area contributed by atoms with Gasteiger partial charge in [-0.2, -0.15) is 4.99 Å². The van der Waals surface area contributed by atoms with Crippen molar-refractivity contribution in [1.82, 2.24) is 4.57 Å². The first-order chi connectivity index (χ1) is 12.9. The van der Waals surface area contributed by atoms with Gasteiger partial charge in [0.1, 0.15) is 12.4 Å². The first-order valence-electron chi connectivity index (χ1n) is 8.44. The molecule has 1 aromatic heterocycles. The first kappa shape index (κ1) is 19.0. The van der Waals surface area contributed by atoms with Crippen LogP contribution in [0.1, 0.15) is 35.7 Å². The van der Waals surface area contributed by atoms with Gasteiger partial charge in [0.25, 0.3) is 5.91 Å². The first-order valence-corrected chi connectivity index (χ1v) is 9.26. The van der Waals surface area contributed by atoms with Gasteiger partial charge in [-0.25, -0.2) is 4.39 Å². The number of hydrogen-bond acceptors (Lipinski definition) is 4. The van der Waals surface area contributed by atoms with E-state index >= 15 is 0 Å². The number of ether oxygens (including phenoxy) is 1. The van der Waals surface area contributed by atoms with Gasteiger partial charge in [0.15, 0.2) is 4.80 Å². The summed E-state index contributed by atoms with van der Waals surface area (Å²) in [7, 11) is 1.30. The molecule has 1 amide bonds. The molecule has 0 saturated heterocycles. The predicted octanol–water partition coefficient (Wildman–Crippen LogP) is 3.88. The lowest BCUT2D eigenvalue weighted by Gasteiger charge is -2.06. The Balaban J connectivity index is 2.17. The van der Waals surface area contributed by atoms with Crippen molar-refractivity contribution >= 4 is 33.4 Å². The molecule has 0 spiro atoms. The highest BCUT2D eigenvalue weighted by molar-refractivity contribution is 7.16. The van der Waals surface area contributed by atoms with Crippen LogP contribution in [0.4, 0.5) is 4.39 Å². The number of rotatable bonds is 4. The maximum Gasteiger partial charge on any atom is 0.325 e. The molecule has 3 aromatic rings. The largest absolute Gasteiger partial charge is 0.468 e. The molecule has 140 valence electrons. The van der Waals surface area contributed by atoms with E-state index in [1.807, 2.05) is 18.2 Å². The standard InChI is InChI=1S/C20H19FN2O3S/c1-12(2)13-8-9-16-17(10-13)27-20(23(16)11-18(24)26-3)22-19(25)14-6-4-5-7-15(14)21/h4-10,12H,11H2,1-3H3. The fourth-order valence-corrected chi connectivity index (χ4v) is 3.74. The number of carbonyl (C=O) groups excluding carboxylic acids is 2. The van der Waals surface area contributed by atoms with Crippen molar-refractivity contribution in [1.29, 1.82) is 0 Å². The van der Waals surface area contributed by atoms with Crippen LogP contribution in [0.5, 0.6) is 0 Å².